The second kappa shape index (κ2) is 5.59. The van der Waals surface area contributed by atoms with E-state index in [-0.39, 0.29) is 0 Å². The van der Waals surface area contributed by atoms with E-state index in [0.29, 0.717) is 0 Å². The molecule has 3 rings (SSSR count). The number of benzene rings is 1. The highest BCUT2D eigenvalue weighted by Gasteiger charge is 2.05. The third-order valence-corrected chi connectivity index (χ3v) is 3.77. The molecule has 102 valence electrons. The number of aromatic nitrogens is 3. The van der Waals surface area contributed by atoms with Crippen LogP contribution in [-0.2, 0) is 13.0 Å². The van der Waals surface area contributed by atoms with Gasteiger partial charge in [-0.05, 0) is 49.7 Å². The summed E-state index contributed by atoms with van der Waals surface area (Å²) in [5, 5.41) is 0. The van der Waals surface area contributed by atoms with Crippen molar-refractivity contribution in [2.24, 2.45) is 0 Å². The molecular formula is C16H17N3S. The lowest BCUT2D eigenvalue weighted by atomic mass is 10.1. The van der Waals surface area contributed by atoms with Gasteiger partial charge in [-0.2, -0.15) is 0 Å². The van der Waals surface area contributed by atoms with Crippen molar-refractivity contribution in [3.8, 4) is 0 Å². The molecular weight excluding hydrogens is 266 g/mol. The first kappa shape index (κ1) is 13.1. The van der Waals surface area contributed by atoms with E-state index in [0.717, 1.165) is 41.0 Å². The van der Waals surface area contributed by atoms with Gasteiger partial charge in [0.05, 0.1) is 5.52 Å². The number of H-pyrrole nitrogens is 1. The fourth-order valence-corrected chi connectivity index (χ4v) is 2.71. The van der Waals surface area contributed by atoms with Crippen molar-refractivity contribution in [3.63, 3.8) is 0 Å². The third kappa shape index (κ3) is 2.65. The smallest absolute Gasteiger partial charge is 0.179 e. The fourth-order valence-electron chi connectivity index (χ4n) is 2.42. The van der Waals surface area contributed by atoms with Crippen molar-refractivity contribution < 1.29 is 0 Å². The number of pyridine rings is 1. The van der Waals surface area contributed by atoms with Gasteiger partial charge >= 0.3 is 0 Å². The Balaban J connectivity index is 1.79. The average molecular weight is 283 g/mol. The van der Waals surface area contributed by atoms with Gasteiger partial charge in [-0.15, -0.1) is 0 Å². The van der Waals surface area contributed by atoms with E-state index in [9.17, 15) is 0 Å². The lowest BCUT2D eigenvalue weighted by Gasteiger charge is -2.04. The molecule has 2 aromatic heterocycles. The molecule has 1 N–H and O–H groups in total. The number of rotatable bonds is 4. The maximum atomic E-state index is 5.39. The summed E-state index contributed by atoms with van der Waals surface area (Å²) in [7, 11) is 0. The van der Waals surface area contributed by atoms with E-state index >= 15 is 0 Å². The van der Waals surface area contributed by atoms with Crippen molar-refractivity contribution in [1.29, 1.82) is 0 Å². The second-order valence-electron chi connectivity index (χ2n) is 4.99. The highest BCUT2D eigenvalue weighted by Crippen LogP contribution is 2.14. The van der Waals surface area contributed by atoms with E-state index < -0.39 is 0 Å². The molecule has 20 heavy (non-hydrogen) atoms. The number of aromatic amines is 1. The minimum atomic E-state index is 0.756. The molecule has 0 saturated heterocycles. The van der Waals surface area contributed by atoms with Gasteiger partial charge in [-0.3, -0.25) is 0 Å². The molecule has 0 unspecified atom stereocenters. The van der Waals surface area contributed by atoms with Crippen LogP contribution in [0.15, 0.2) is 42.5 Å². The molecule has 4 heteroatoms. The zero-order valence-corrected chi connectivity index (χ0v) is 12.3. The largest absolute Gasteiger partial charge is 0.329 e. The van der Waals surface area contributed by atoms with E-state index in [1.165, 1.54) is 5.56 Å². The molecule has 3 aromatic rings. The molecule has 0 bridgehead atoms. The molecule has 0 aliphatic heterocycles. The highest BCUT2D eigenvalue weighted by atomic mass is 32.1. The van der Waals surface area contributed by atoms with Crippen LogP contribution >= 0.6 is 12.2 Å². The number of nitrogens with one attached hydrogen (secondary N) is 1. The van der Waals surface area contributed by atoms with Crippen molar-refractivity contribution in [2.75, 3.05) is 0 Å². The monoisotopic (exact) mass is 283 g/mol. The maximum absolute atomic E-state index is 5.39. The van der Waals surface area contributed by atoms with Crippen LogP contribution in [0.1, 0.15) is 17.7 Å². The van der Waals surface area contributed by atoms with E-state index in [1.54, 1.807) is 0 Å². The zero-order chi connectivity index (χ0) is 13.9. The summed E-state index contributed by atoms with van der Waals surface area (Å²) in [6.45, 7) is 2.90. The van der Waals surface area contributed by atoms with Gasteiger partial charge in [0.2, 0.25) is 0 Å². The van der Waals surface area contributed by atoms with Crippen LogP contribution < -0.4 is 0 Å². The molecule has 0 aliphatic carbocycles. The zero-order valence-electron chi connectivity index (χ0n) is 11.5. The molecule has 0 saturated carbocycles. The van der Waals surface area contributed by atoms with Crippen LogP contribution in [0.5, 0.6) is 0 Å². The molecule has 0 amide bonds. The number of hydrogen-bond donors (Lipinski definition) is 1. The van der Waals surface area contributed by atoms with Gasteiger partial charge in [0.1, 0.15) is 0 Å². The summed E-state index contributed by atoms with van der Waals surface area (Å²) in [6.07, 6.45) is 2.11. The number of imidazole rings is 1. The predicted octanol–water partition coefficient (Wildman–Crippen LogP) is 4.04. The maximum Gasteiger partial charge on any atom is 0.179 e. The van der Waals surface area contributed by atoms with Gasteiger partial charge in [-0.25, -0.2) is 4.98 Å². The predicted molar refractivity (Wildman–Crippen MR) is 84.4 cm³/mol. The Morgan fingerprint density at radius 3 is 2.75 bits per heavy atom. The minimum Gasteiger partial charge on any atom is -0.329 e. The highest BCUT2D eigenvalue weighted by molar-refractivity contribution is 7.71. The van der Waals surface area contributed by atoms with Gasteiger partial charge in [0.15, 0.2) is 10.4 Å². The van der Waals surface area contributed by atoms with Crippen LogP contribution in [0.2, 0.25) is 0 Å². The Morgan fingerprint density at radius 2 is 1.95 bits per heavy atom. The SMILES string of the molecule is Cc1ccc2[nH]c(=S)n(CCCc3ccccc3)c2n1. The Hall–Kier alpha value is -1.94. The Kier molecular flexibility index (Phi) is 3.65. The van der Waals surface area contributed by atoms with Crippen LogP contribution in [0.4, 0.5) is 0 Å². The minimum absolute atomic E-state index is 0.756. The first-order valence-electron chi connectivity index (χ1n) is 6.84. The topological polar surface area (TPSA) is 33.6 Å². The second-order valence-corrected chi connectivity index (χ2v) is 5.38. The van der Waals surface area contributed by atoms with Crippen molar-refractivity contribution in [1.82, 2.24) is 14.5 Å². The molecule has 0 radical (unpaired) electrons. The number of aryl methyl sites for hydroxylation is 3. The van der Waals surface area contributed by atoms with E-state index in [4.69, 9.17) is 12.2 Å². The lowest BCUT2D eigenvalue weighted by Crippen LogP contribution is -2.01. The Morgan fingerprint density at radius 1 is 1.15 bits per heavy atom. The van der Waals surface area contributed by atoms with Gasteiger partial charge in [0, 0.05) is 12.2 Å². The average Bonchev–Trinajstić information content (AvgIpc) is 2.76. The quantitative estimate of drug-likeness (QED) is 0.733. The Bertz CT molecular complexity index is 771. The standard InChI is InChI=1S/C16H17N3S/c1-12-9-10-14-15(17-12)19(16(20)18-14)11-5-8-13-6-3-2-4-7-13/h2-4,6-7,9-10H,5,8,11H2,1H3,(H,18,20). The summed E-state index contributed by atoms with van der Waals surface area (Å²) < 4.78 is 2.85. The lowest BCUT2D eigenvalue weighted by molar-refractivity contribution is 0.646. The van der Waals surface area contributed by atoms with Gasteiger partial charge in [0.25, 0.3) is 0 Å². The molecule has 0 spiro atoms. The van der Waals surface area contributed by atoms with Crippen LogP contribution in [-0.4, -0.2) is 14.5 Å². The summed E-state index contributed by atoms with van der Waals surface area (Å²) in [6, 6.07) is 14.6. The normalized spacial score (nSPS) is 11.1. The first-order chi connectivity index (χ1) is 9.74. The molecule has 0 atom stereocenters. The number of hydrogen-bond acceptors (Lipinski definition) is 2. The van der Waals surface area contributed by atoms with Crippen molar-refractivity contribution >= 4 is 23.4 Å². The number of fused-ring (bicyclic) bond motifs is 1. The molecule has 0 aliphatic rings. The van der Waals surface area contributed by atoms with Crippen molar-refractivity contribution in [2.45, 2.75) is 26.3 Å². The third-order valence-electron chi connectivity index (χ3n) is 3.45. The van der Waals surface area contributed by atoms with Crippen molar-refractivity contribution in [3.05, 3.63) is 58.5 Å². The summed E-state index contributed by atoms with van der Waals surface area (Å²) in [5.74, 6) is 0. The summed E-state index contributed by atoms with van der Waals surface area (Å²) >= 11 is 5.39. The van der Waals surface area contributed by atoms with Crippen LogP contribution in [0.3, 0.4) is 0 Å². The van der Waals surface area contributed by atoms with Gasteiger partial charge < -0.3 is 9.55 Å². The fraction of sp³-hybridized carbons (Fsp3) is 0.250. The molecule has 3 nitrogen and oxygen atoms in total. The van der Waals surface area contributed by atoms with Gasteiger partial charge in [-0.1, -0.05) is 30.3 Å². The summed E-state index contributed by atoms with van der Waals surface area (Å²) in [5.41, 5.74) is 4.36. The summed E-state index contributed by atoms with van der Waals surface area (Å²) in [4.78, 5) is 7.81. The number of nitrogens with zero attached hydrogens (tertiary/aromatic N) is 2. The first-order valence-corrected chi connectivity index (χ1v) is 7.25. The molecule has 1 aromatic carbocycles. The molecule has 0 fully saturated rings. The van der Waals surface area contributed by atoms with Crippen LogP contribution in [0, 0.1) is 11.7 Å². The molecule has 2 heterocycles. The van der Waals surface area contributed by atoms with Crippen LogP contribution in [0.25, 0.3) is 11.2 Å². The van der Waals surface area contributed by atoms with E-state index in [2.05, 4.69) is 38.8 Å². The van der Waals surface area contributed by atoms with E-state index in [1.807, 2.05) is 25.1 Å². The Labute approximate surface area is 123 Å².